The van der Waals surface area contributed by atoms with Crippen LogP contribution in [0.15, 0.2) is 4.90 Å². The molecular weight excluding hydrogens is 298 g/mol. The second-order valence-electron chi connectivity index (χ2n) is 4.84. The molecule has 20 heavy (non-hydrogen) atoms. The fraction of sp³-hybridized carbons (Fsp3) is 0.583. The number of anilines is 2. The number of rotatable bonds is 4. The molecule has 0 spiro atoms. The van der Waals surface area contributed by atoms with Crippen LogP contribution in [-0.4, -0.2) is 33.9 Å². The van der Waals surface area contributed by atoms with Gasteiger partial charge in [0.05, 0.1) is 17.8 Å². The highest BCUT2D eigenvalue weighted by Gasteiger charge is 2.31. The van der Waals surface area contributed by atoms with Crippen LogP contribution in [0.4, 0.5) is 10.7 Å². The summed E-state index contributed by atoms with van der Waals surface area (Å²) in [7, 11) is -1.84. The van der Waals surface area contributed by atoms with Gasteiger partial charge in [-0.1, -0.05) is 0 Å². The predicted molar refractivity (Wildman–Crippen MR) is 78.6 cm³/mol. The van der Waals surface area contributed by atoms with Crippen molar-refractivity contribution >= 4 is 31.9 Å². The van der Waals surface area contributed by atoms with Gasteiger partial charge in [0.2, 0.25) is 0 Å². The number of nitrogens with zero attached hydrogens (tertiary/aromatic N) is 1. The van der Waals surface area contributed by atoms with E-state index in [-0.39, 0.29) is 27.6 Å². The van der Waals surface area contributed by atoms with Crippen LogP contribution in [0.3, 0.4) is 0 Å². The molecule has 2 atom stereocenters. The van der Waals surface area contributed by atoms with E-state index >= 15 is 0 Å². The molecule has 3 N–H and O–H groups in total. The number of nitrogens with two attached hydrogens (primary N) is 1. The Morgan fingerprint density at radius 3 is 2.75 bits per heavy atom. The zero-order chi connectivity index (χ0) is 14.9. The van der Waals surface area contributed by atoms with E-state index < -0.39 is 9.84 Å². The van der Waals surface area contributed by atoms with Gasteiger partial charge in [0.15, 0.2) is 9.84 Å². The lowest BCUT2D eigenvalue weighted by atomic mass is 10.2. The Labute approximate surface area is 122 Å². The van der Waals surface area contributed by atoms with Gasteiger partial charge in [0, 0.05) is 13.4 Å². The first kappa shape index (κ1) is 15.1. The van der Waals surface area contributed by atoms with Crippen molar-refractivity contribution in [1.82, 2.24) is 0 Å². The molecule has 0 aromatic carbocycles. The second kappa shape index (κ2) is 5.60. The van der Waals surface area contributed by atoms with E-state index in [0.29, 0.717) is 5.00 Å². The molecule has 1 aliphatic rings. The smallest absolute Gasteiger partial charge is 0.180 e. The van der Waals surface area contributed by atoms with Crippen molar-refractivity contribution in [2.45, 2.75) is 36.3 Å². The number of nitriles is 1. The highest BCUT2D eigenvalue weighted by atomic mass is 32.2. The summed E-state index contributed by atoms with van der Waals surface area (Å²) in [6, 6.07) is 1.98. The first-order chi connectivity index (χ1) is 9.38. The summed E-state index contributed by atoms with van der Waals surface area (Å²) in [4.78, 5) is 0.251. The maximum Gasteiger partial charge on any atom is 0.180 e. The fourth-order valence-corrected chi connectivity index (χ4v) is 4.93. The maximum absolute atomic E-state index is 11.9. The summed E-state index contributed by atoms with van der Waals surface area (Å²) in [6.07, 6.45) is 4.02. The molecule has 0 radical (unpaired) electrons. The van der Waals surface area contributed by atoms with Gasteiger partial charge in [-0.05, 0) is 19.3 Å². The lowest BCUT2D eigenvalue weighted by molar-refractivity contribution is 0.101. The van der Waals surface area contributed by atoms with Gasteiger partial charge in [-0.2, -0.15) is 5.26 Å². The predicted octanol–water partition coefficient (Wildman–Crippen LogP) is 1.58. The number of hydrogen-bond donors (Lipinski definition) is 2. The average Bonchev–Trinajstić information content (AvgIpc) is 2.93. The monoisotopic (exact) mass is 315 g/mol. The quantitative estimate of drug-likeness (QED) is 0.874. The van der Waals surface area contributed by atoms with Crippen LogP contribution in [0.5, 0.6) is 0 Å². The van der Waals surface area contributed by atoms with Gasteiger partial charge in [-0.15, -0.1) is 11.3 Å². The molecular formula is C12H17N3O3S2. The van der Waals surface area contributed by atoms with Crippen molar-refractivity contribution in [2.75, 3.05) is 24.4 Å². The van der Waals surface area contributed by atoms with E-state index in [2.05, 4.69) is 5.32 Å². The molecule has 0 bridgehead atoms. The number of nitrogens with one attached hydrogen (secondary N) is 1. The number of methoxy groups -OCH3 is 1. The van der Waals surface area contributed by atoms with Crippen molar-refractivity contribution in [2.24, 2.45) is 0 Å². The Kier molecular flexibility index (Phi) is 4.22. The van der Waals surface area contributed by atoms with E-state index in [1.165, 1.54) is 0 Å². The summed E-state index contributed by atoms with van der Waals surface area (Å²) >= 11 is 1.08. The molecule has 1 heterocycles. The van der Waals surface area contributed by atoms with E-state index in [4.69, 9.17) is 15.7 Å². The molecule has 1 aromatic heterocycles. The number of thiophene rings is 1. The minimum Gasteiger partial charge on any atom is -0.396 e. The molecule has 0 aliphatic heterocycles. The van der Waals surface area contributed by atoms with E-state index in [1.807, 2.05) is 6.07 Å². The standard InChI is InChI=1S/C12H17N3O3S2/c1-18-8-5-3-4-7(8)15-12-11(20(2,16)17)10(14)9(6-13)19-12/h7-8,15H,3-5,14H2,1-2H3. The molecule has 1 aromatic rings. The molecule has 1 fully saturated rings. The summed E-state index contributed by atoms with van der Waals surface area (Å²) < 4.78 is 29.1. The maximum atomic E-state index is 11.9. The van der Waals surface area contributed by atoms with Gasteiger partial charge in [0.25, 0.3) is 0 Å². The second-order valence-corrected chi connectivity index (χ2v) is 7.82. The van der Waals surface area contributed by atoms with E-state index in [9.17, 15) is 8.42 Å². The first-order valence-electron chi connectivity index (χ1n) is 6.20. The molecule has 1 aliphatic carbocycles. The molecule has 2 rings (SSSR count). The number of hydrogen-bond acceptors (Lipinski definition) is 7. The van der Waals surface area contributed by atoms with Gasteiger partial charge in [-0.3, -0.25) is 0 Å². The molecule has 2 unspecified atom stereocenters. The minimum absolute atomic E-state index is 0.0285. The lowest BCUT2D eigenvalue weighted by Gasteiger charge is -2.20. The molecule has 1 saturated carbocycles. The van der Waals surface area contributed by atoms with Gasteiger partial charge < -0.3 is 15.8 Å². The van der Waals surface area contributed by atoms with Crippen molar-refractivity contribution in [3.63, 3.8) is 0 Å². The average molecular weight is 315 g/mol. The lowest BCUT2D eigenvalue weighted by Crippen LogP contribution is -2.29. The summed E-state index contributed by atoms with van der Waals surface area (Å²) in [5, 5.41) is 12.7. The molecule has 110 valence electrons. The molecule has 6 nitrogen and oxygen atoms in total. The Balaban J connectivity index is 2.39. The van der Waals surface area contributed by atoms with Crippen molar-refractivity contribution in [3.05, 3.63) is 4.88 Å². The Morgan fingerprint density at radius 1 is 1.50 bits per heavy atom. The SMILES string of the molecule is COC1CCCC1Nc1sc(C#N)c(N)c1S(C)(=O)=O. The third-order valence-electron chi connectivity index (χ3n) is 3.44. The molecule has 0 amide bonds. The first-order valence-corrected chi connectivity index (χ1v) is 8.91. The fourth-order valence-electron chi connectivity index (χ4n) is 2.52. The van der Waals surface area contributed by atoms with Crippen LogP contribution in [0.1, 0.15) is 24.1 Å². The van der Waals surface area contributed by atoms with E-state index in [1.54, 1.807) is 7.11 Å². The van der Waals surface area contributed by atoms with Crippen LogP contribution in [0, 0.1) is 11.3 Å². The highest BCUT2D eigenvalue weighted by molar-refractivity contribution is 7.91. The minimum atomic E-state index is -3.49. The van der Waals surface area contributed by atoms with E-state index in [0.717, 1.165) is 36.9 Å². The Morgan fingerprint density at radius 2 is 2.20 bits per heavy atom. The van der Waals surface area contributed by atoms with Crippen LogP contribution >= 0.6 is 11.3 Å². The third kappa shape index (κ3) is 2.75. The Hall–Kier alpha value is -1.30. The zero-order valence-electron chi connectivity index (χ0n) is 11.3. The van der Waals surface area contributed by atoms with Crippen LogP contribution in [0.25, 0.3) is 0 Å². The number of ether oxygens (including phenoxy) is 1. The van der Waals surface area contributed by atoms with Crippen molar-refractivity contribution in [1.29, 1.82) is 5.26 Å². The van der Waals surface area contributed by atoms with Gasteiger partial charge >= 0.3 is 0 Å². The number of sulfone groups is 1. The topological polar surface area (TPSA) is 105 Å². The zero-order valence-corrected chi connectivity index (χ0v) is 13.0. The summed E-state index contributed by atoms with van der Waals surface area (Å²) in [5.74, 6) is 0. The van der Waals surface area contributed by atoms with Crippen molar-refractivity contribution < 1.29 is 13.2 Å². The molecule has 8 heteroatoms. The van der Waals surface area contributed by atoms with Gasteiger partial charge in [-0.25, -0.2) is 8.42 Å². The van der Waals surface area contributed by atoms with Gasteiger partial charge in [0.1, 0.15) is 20.8 Å². The van der Waals surface area contributed by atoms with Crippen LogP contribution < -0.4 is 11.1 Å². The van der Waals surface area contributed by atoms with Crippen molar-refractivity contribution in [3.8, 4) is 6.07 Å². The highest BCUT2D eigenvalue weighted by Crippen LogP contribution is 2.40. The van der Waals surface area contributed by atoms with Crippen LogP contribution in [-0.2, 0) is 14.6 Å². The third-order valence-corrected chi connectivity index (χ3v) is 5.78. The molecule has 0 saturated heterocycles. The summed E-state index contributed by atoms with van der Waals surface area (Å²) in [6.45, 7) is 0. The normalized spacial score (nSPS) is 22.6. The largest absolute Gasteiger partial charge is 0.396 e. The Bertz CT molecular complexity index is 646. The number of nitrogen functional groups attached to an aromatic ring is 1. The van der Waals surface area contributed by atoms with Crippen LogP contribution in [0.2, 0.25) is 0 Å². The summed E-state index contributed by atoms with van der Waals surface area (Å²) in [5.41, 5.74) is 5.82.